The molecule has 0 radical (unpaired) electrons. The smallest absolute Gasteiger partial charge is 0.152 e. The molecule has 0 N–H and O–H groups in total. The first-order chi connectivity index (χ1) is 5.74. The second-order valence-electron chi connectivity index (χ2n) is 1.99. The van der Waals surface area contributed by atoms with Crippen LogP contribution in [0.1, 0.15) is 5.56 Å². The third-order valence-electron chi connectivity index (χ3n) is 1.18. The van der Waals surface area contributed by atoms with E-state index in [1.807, 2.05) is 0 Å². The second-order valence-corrected chi connectivity index (χ2v) is 2.90. The molecule has 0 aromatic heterocycles. The molecule has 0 aliphatic carbocycles. The molecule has 0 atom stereocenters. The van der Waals surface area contributed by atoms with Crippen LogP contribution in [0.3, 0.4) is 0 Å². The fourth-order valence-electron chi connectivity index (χ4n) is 0.686. The van der Waals surface area contributed by atoms with Gasteiger partial charge < -0.3 is 0 Å². The third kappa shape index (κ3) is 2.08. The first-order valence-corrected chi connectivity index (χ1v) is 3.88. The van der Waals surface area contributed by atoms with Crippen molar-refractivity contribution in [3.8, 4) is 17.9 Å². The first kappa shape index (κ1) is 8.77. The highest BCUT2D eigenvalue weighted by molar-refractivity contribution is 9.10. The highest BCUT2D eigenvalue weighted by atomic mass is 79.9. The van der Waals surface area contributed by atoms with Crippen molar-refractivity contribution in [3.63, 3.8) is 0 Å². The third-order valence-corrected chi connectivity index (χ3v) is 1.68. The zero-order valence-corrected chi connectivity index (χ0v) is 7.52. The summed E-state index contributed by atoms with van der Waals surface area (Å²) in [6.07, 6.45) is 0. The summed E-state index contributed by atoms with van der Waals surface area (Å²) in [5.41, 5.74) is 0.236. The molecular weight excluding hydrogens is 221 g/mol. The van der Waals surface area contributed by atoms with E-state index < -0.39 is 5.82 Å². The van der Waals surface area contributed by atoms with Gasteiger partial charge in [0.05, 0.1) is 5.56 Å². The molecule has 58 valence electrons. The molecule has 1 rings (SSSR count). The summed E-state index contributed by atoms with van der Waals surface area (Å²) in [4.78, 5) is 0. The van der Waals surface area contributed by atoms with E-state index in [1.165, 1.54) is 12.1 Å². The molecule has 0 bridgehead atoms. The molecule has 1 aromatic carbocycles. The van der Waals surface area contributed by atoms with Gasteiger partial charge in [0.2, 0.25) is 0 Å². The van der Waals surface area contributed by atoms with E-state index in [1.54, 1.807) is 12.1 Å². The molecule has 0 spiro atoms. The van der Waals surface area contributed by atoms with E-state index in [4.69, 9.17) is 5.26 Å². The second kappa shape index (κ2) is 3.90. The van der Waals surface area contributed by atoms with E-state index in [2.05, 4.69) is 27.8 Å². The predicted molar refractivity (Wildman–Crippen MR) is 46.6 cm³/mol. The molecule has 0 heterocycles. The van der Waals surface area contributed by atoms with Crippen LogP contribution in [0.5, 0.6) is 0 Å². The monoisotopic (exact) mass is 223 g/mol. The predicted octanol–water partition coefficient (Wildman–Crippen LogP) is 2.46. The van der Waals surface area contributed by atoms with Crippen molar-refractivity contribution in [3.05, 3.63) is 34.1 Å². The largest absolute Gasteiger partial charge is 0.206 e. The first-order valence-electron chi connectivity index (χ1n) is 3.09. The van der Waals surface area contributed by atoms with E-state index >= 15 is 0 Å². The van der Waals surface area contributed by atoms with Gasteiger partial charge in [-0.25, -0.2) is 4.39 Å². The normalized spacial score (nSPS) is 8.08. The van der Waals surface area contributed by atoms with Gasteiger partial charge in [-0.1, -0.05) is 15.9 Å². The Labute approximate surface area is 78.0 Å². The minimum absolute atomic E-state index is 0.236. The maximum absolute atomic E-state index is 12.9. The van der Waals surface area contributed by atoms with Gasteiger partial charge in [0.25, 0.3) is 0 Å². The minimum atomic E-state index is -0.424. The maximum Gasteiger partial charge on any atom is 0.152 e. The molecule has 0 saturated heterocycles. The minimum Gasteiger partial charge on any atom is -0.206 e. The number of halogens is 2. The lowest BCUT2D eigenvalue weighted by molar-refractivity contribution is 0.623. The van der Waals surface area contributed by atoms with Crippen molar-refractivity contribution >= 4 is 15.9 Å². The maximum atomic E-state index is 12.9. The molecular formula is C9H3BrFN. The summed E-state index contributed by atoms with van der Waals surface area (Å²) in [5, 5.41) is 8.12. The van der Waals surface area contributed by atoms with Gasteiger partial charge >= 0.3 is 0 Å². The van der Waals surface area contributed by atoms with Crippen molar-refractivity contribution in [1.29, 1.82) is 5.26 Å². The topological polar surface area (TPSA) is 23.8 Å². The molecule has 3 heteroatoms. The Bertz CT molecular complexity index is 395. The summed E-state index contributed by atoms with van der Waals surface area (Å²) in [6, 6.07) is 6.11. The summed E-state index contributed by atoms with van der Waals surface area (Å²) in [5.74, 6) is 4.08. The van der Waals surface area contributed by atoms with Crippen LogP contribution in [0.2, 0.25) is 0 Å². The standard InChI is InChI=1S/C9H3BrFN/c10-8-4-3-7(2-1-5-12)9(11)6-8/h3-4,6H. The Kier molecular flexibility index (Phi) is 2.85. The fraction of sp³-hybridized carbons (Fsp3) is 0. The van der Waals surface area contributed by atoms with Gasteiger partial charge in [0.1, 0.15) is 5.82 Å². The molecule has 1 aromatic rings. The molecule has 1 nitrogen and oxygen atoms in total. The average Bonchev–Trinajstić information content (AvgIpc) is 2.03. The molecule has 0 saturated carbocycles. The summed E-state index contributed by atoms with van der Waals surface area (Å²) in [6.45, 7) is 0. The van der Waals surface area contributed by atoms with Gasteiger partial charge in [0, 0.05) is 10.4 Å². The molecule has 0 aliphatic heterocycles. The highest BCUT2D eigenvalue weighted by Crippen LogP contribution is 2.13. The summed E-state index contributed by atoms with van der Waals surface area (Å²) in [7, 11) is 0. The SMILES string of the molecule is N#CC#Cc1ccc(Br)cc1F. The number of nitriles is 1. The number of rotatable bonds is 0. The molecule has 12 heavy (non-hydrogen) atoms. The number of hydrogen-bond donors (Lipinski definition) is 0. The van der Waals surface area contributed by atoms with Crippen LogP contribution < -0.4 is 0 Å². The molecule has 0 amide bonds. The van der Waals surface area contributed by atoms with Crippen LogP contribution in [0.25, 0.3) is 0 Å². The van der Waals surface area contributed by atoms with Crippen LogP contribution in [0.4, 0.5) is 4.39 Å². The van der Waals surface area contributed by atoms with Crippen molar-refractivity contribution in [2.24, 2.45) is 0 Å². The van der Waals surface area contributed by atoms with E-state index in [-0.39, 0.29) is 5.56 Å². The fourth-order valence-corrected chi connectivity index (χ4v) is 1.02. The summed E-state index contributed by atoms with van der Waals surface area (Å²) >= 11 is 3.11. The Hall–Kier alpha value is -1.32. The average molecular weight is 224 g/mol. The Balaban J connectivity index is 3.12. The number of nitrogens with zero attached hydrogens (tertiary/aromatic N) is 1. The molecule has 0 unspecified atom stereocenters. The van der Waals surface area contributed by atoms with E-state index in [0.29, 0.717) is 4.47 Å². The quantitative estimate of drug-likeness (QED) is 0.621. The zero-order valence-electron chi connectivity index (χ0n) is 5.94. The summed E-state index contributed by atoms with van der Waals surface area (Å²) < 4.78 is 13.6. The highest BCUT2D eigenvalue weighted by Gasteiger charge is 1.97. The van der Waals surface area contributed by atoms with Crippen molar-refractivity contribution < 1.29 is 4.39 Å². The van der Waals surface area contributed by atoms with Crippen molar-refractivity contribution in [1.82, 2.24) is 0 Å². The van der Waals surface area contributed by atoms with Crippen LogP contribution in [0, 0.1) is 29.0 Å². The lowest BCUT2D eigenvalue weighted by Gasteiger charge is -1.93. The zero-order chi connectivity index (χ0) is 8.97. The van der Waals surface area contributed by atoms with Gasteiger partial charge in [-0.05, 0) is 24.1 Å². The van der Waals surface area contributed by atoms with Crippen LogP contribution in [-0.2, 0) is 0 Å². The lowest BCUT2D eigenvalue weighted by atomic mass is 10.2. The van der Waals surface area contributed by atoms with Gasteiger partial charge in [-0.3, -0.25) is 0 Å². The van der Waals surface area contributed by atoms with Crippen molar-refractivity contribution in [2.75, 3.05) is 0 Å². The van der Waals surface area contributed by atoms with Gasteiger partial charge in [0.15, 0.2) is 6.07 Å². The lowest BCUT2D eigenvalue weighted by Crippen LogP contribution is -1.81. The van der Waals surface area contributed by atoms with Crippen molar-refractivity contribution in [2.45, 2.75) is 0 Å². The van der Waals surface area contributed by atoms with Crippen LogP contribution in [-0.4, -0.2) is 0 Å². The number of hydrogen-bond acceptors (Lipinski definition) is 1. The van der Waals surface area contributed by atoms with E-state index in [9.17, 15) is 4.39 Å². The van der Waals surface area contributed by atoms with Gasteiger partial charge in [-0.15, -0.1) is 0 Å². The molecule has 0 aliphatic rings. The number of benzene rings is 1. The Morgan fingerprint density at radius 1 is 1.42 bits per heavy atom. The van der Waals surface area contributed by atoms with Crippen LogP contribution >= 0.6 is 15.9 Å². The molecule has 0 fully saturated rings. The van der Waals surface area contributed by atoms with Gasteiger partial charge in [-0.2, -0.15) is 5.26 Å². The Morgan fingerprint density at radius 2 is 2.17 bits per heavy atom. The van der Waals surface area contributed by atoms with Crippen LogP contribution in [0.15, 0.2) is 22.7 Å². The van der Waals surface area contributed by atoms with E-state index in [0.717, 1.165) is 0 Å². The Morgan fingerprint density at radius 3 is 2.75 bits per heavy atom.